The van der Waals surface area contributed by atoms with Crippen LogP contribution in [0.25, 0.3) is 0 Å². The zero-order valence-electron chi connectivity index (χ0n) is 13.3. The average molecular weight is 303 g/mol. The summed E-state index contributed by atoms with van der Waals surface area (Å²) in [6, 6.07) is 7.38. The Bertz CT molecular complexity index is 620. The summed E-state index contributed by atoms with van der Waals surface area (Å²) < 4.78 is 10.1. The first kappa shape index (κ1) is 16.0. The van der Waals surface area contributed by atoms with Crippen LogP contribution in [0, 0.1) is 0 Å². The number of esters is 1. The highest BCUT2D eigenvalue weighted by atomic mass is 16.5. The Kier molecular flexibility index (Phi) is 5.16. The number of hydrogen-bond donors (Lipinski definition) is 1. The number of carbonyl (C=O) groups is 1. The van der Waals surface area contributed by atoms with E-state index in [1.54, 1.807) is 12.1 Å². The standard InChI is InChI=1S/C16H21N3O3/c1-11(13-6-7-14(22-13)16(20)21-4)17-9-12-5-8-15(18-10-12)19(2)3/h5-8,10-11,17H,9H2,1-4H3/t11-/m1/s1. The molecular formula is C16H21N3O3. The van der Waals surface area contributed by atoms with E-state index in [4.69, 9.17) is 4.42 Å². The smallest absolute Gasteiger partial charge is 0.373 e. The molecule has 1 N–H and O–H groups in total. The minimum Gasteiger partial charge on any atom is -0.463 e. The topological polar surface area (TPSA) is 67.6 Å². The fraction of sp³-hybridized carbons (Fsp3) is 0.375. The van der Waals surface area contributed by atoms with Crippen LogP contribution in [0.5, 0.6) is 0 Å². The Balaban J connectivity index is 1.93. The fourth-order valence-corrected chi connectivity index (χ4v) is 1.95. The van der Waals surface area contributed by atoms with Crippen LogP contribution in [-0.2, 0) is 11.3 Å². The number of hydrogen-bond acceptors (Lipinski definition) is 6. The van der Waals surface area contributed by atoms with Crippen molar-refractivity contribution in [2.75, 3.05) is 26.1 Å². The molecule has 22 heavy (non-hydrogen) atoms. The first-order chi connectivity index (χ1) is 10.5. The van der Waals surface area contributed by atoms with Crippen molar-refractivity contribution in [2.24, 2.45) is 0 Å². The number of pyridine rings is 1. The lowest BCUT2D eigenvalue weighted by Crippen LogP contribution is -2.18. The van der Waals surface area contributed by atoms with Crippen molar-refractivity contribution in [3.05, 3.63) is 47.5 Å². The molecule has 0 amide bonds. The van der Waals surface area contributed by atoms with Crippen molar-refractivity contribution in [3.63, 3.8) is 0 Å². The molecule has 1 atom stereocenters. The SMILES string of the molecule is COC(=O)c1ccc([C@@H](C)NCc2ccc(N(C)C)nc2)o1. The Hall–Kier alpha value is -2.34. The number of anilines is 1. The molecule has 0 aliphatic rings. The van der Waals surface area contributed by atoms with Crippen LogP contribution in [-0.4, -0.2) is 32.2 Å². The summed E-state index contributed by atoms with van der Waals surface area (Å²) in [5.41, 5.74) is 1.08. The Labute approximate surface area is 130 Å². The van der Waals surface area contributed by atoms with Crippen molar-refractivity contribution in [1.29, 1.82) is 0 Å². The van der Waals surface area contributed by atoms with Gasteiger partial charge < -0.3 is 19.4 Å². The molecule has 0 aliphatic carbocycles. The summed E-state index contributed by atoms with van der Waals surface area (Å²) >= 11 is 0. The summed E-state index contributed by atoms with van der Waals surface area (Å²) in [5.74, 6) is 1.36. The minimum absolute atomic E-state index is 0.0214. The number of furan rings is 1. The molecule has 2 heterocycles. The van der Waals surface area contributed by atoms with Crippen LogP contribution in [0.15, 0.2) is 34.9 Å². The predicted octanol–water partition coefficient (Wildman–Crippen LogP) is 2.38. The maximum atomic E-state index is 11.4. The van der Waals surface area contributed by atoms with Gasteiger partial charge in [0, 0.05) is 26.8 Å². The molecule has 0 unspecified atom stereocenters. The third kappa shape index (κ3) is 3.85. The number of ether oxygens (including phenoxy) is 1. The van der Waals surface area contributed by atoms with Crippen molar-refractivity contribution in [2.45, 2.75) is 19.5 Å². The van der Waals surface area contributed by atoms with Gasteiger partial charge in [-0.15, -0.1) is 0 Å². The molecule has 0 fully saturated rings. The second kappa shape index (κ2) is 7.09. The van der Waals surface area contributed by atoms with E-state index in [1.807, 2.05) is 44.2 Å². The Morgan fingerprint density at radius 1 is 1.36 bits per heavy atom. The van der Waals surface area contributed by atoms with Crippen molar-refractivity contribution >= 4 is 11.8 Å². The van der Waals surface area contributed by atoms with Gasteiger partial charge in [0.25, 0.3) is 0 Å². The van der Waals surface area contributed by atoms with Gasteiger partial charge in [0.1, 0.15) is 11.6 Å². The highest BCUT2D eigenvalue weighted by molar-refractivity contribution is 5.86. The van der Waals surface area contributed by atoms with E-state index in [-0.39, 0.29) is 11.8 Å². The van der Waals surface area contributed by atoms with Crippen molar-refractivity contribution in [1.82, 2.24) is 10.3 Å². The lowest BCUT2D eigenvalue weighted by Gasteiger charge is -2.13. The lowest BCUT2D eigenvalue weighted by molar-refractivity contribution is 0.0562. The van der Waals surface area contributed by atoms with Crippen LogP contribution >= 0.6 is 0 Å². The van der Waals surface area contributed by atoms with Crippen LogP contribution in [0.1, 0.15) is 34.8 Å². The van der Waals surface area contributed by atoms with Gasteiger partial charge in [0.2, 0.25) is 5.76 Å². The molecule has 0 saturated carbocycles. The molecule has 0 radical (unpaired) electrons. The zero-order chi connectivity index (χ0) is 16.1. The number of aromatic nitrogens is 1. The van der Waals surface area contributed by atoms with Gasteiger partial charge in [-0.1, -0.05) is 6.07 Å². The van der Waals surface area contributed by atoms with Crippen LogP contribution in [0.2, 0.25) is 0 Å². The van der Waals surface area contributed by atoms with Crippen molar-refractivity contribution < 1.29 is 13.9 Å². The molecule has 0 aliphatic heterocycles. The number of nitrogens with zero attached hydrogens (tertiary/aromatic N) is 2. The summed E-state index contributed by atoms with van der Waals surface area (Å²) in [4.78, 5) is 17.7. The third-order valence-electron chi connectivity index (χ3n) is 3.32. The van der Waals surface area contributed by atoms with E-state index in [9.17, 15) is 4.79 Å². The van der Waals surface area contributed by atoms with Crippen LogP contribution in [0.3, 0.4) is 0 Å². The molecular weight excluding hydrogens is 282 g/mol. The van der Waals surface area contributed by atoms with E-state index in [2.05, 4.69) is 15.0 Å². The second-order valence-electron chi connectivity index (χ2n) is 5.22. The number of nitrogens with one attached hydrogen (secondary N) is 1. The summed E-state index contributed by atoms with van der Waals surface area (Å²) in [5, 5.41) is 3.33. The molecule has 2 aromatic rings. The van der Waals surface area contributed by atoms with Gasteiger partial charge in [-0.05, 0) is 30.7 Å². The molecule has 118 valence electrons. The minimum atomic E-state index is -0.470. The predicted molar refractivity (Wildman–Crippen MR) is 83.9 cm³/mol. The molecule has 0 bridgehead atoms. The largest absolute Gasteiger partial charge is 0.463 e. The first-order valence-corrected chi connectivity index (χ1v) is 7.05. The van der Waals surface area contributed by atoms with Gasteiger partial charge in [-0.2, -0.15) is 0 Å². The number of methoxy groups -OCH3 is 1. The maximum Gasteiger partial charge on any atom is 0.373 e. The molecule has 6 nitrogen and oxygen atoms in total. The number of rotatable bonds is 6. The van der Waals surface area contributed by atoms with Gasteiger partial charge in [-0.3, -0.25) is 0 Å². The molecule has 6 heteroatoms. The van der Waals surface area contributed by atoms with Gasteiger partial charge in [0.05, 0.1) is 13.2 Å². The Morgan fingerprint density at radius 3 is 2.73 bits per heavy atom. The van der Waals surface area contributed by atoms with E-state index in [1.165, 1.54) is 7.11 Å². The second-order valence-corrected chi connectivity index (χ2v) is 5.22. The maximum absolute atomic E-state index is 11.4. The zero-order valence-corrected chi connectivity index (χ0v) is 13.3. The monoisotopic (exact) mass is 303 g/mol. The number of carbonyl (C=O) groups excluding carboxylic acids is 1. The van der Waals surface area contributed by atoms with E-state index in [0.29, 0.717) is 12.3 Å². The molecule has 2 aromatic heterocycles. The lowest BCUT2D eigenvalue weighted by atomic mass is 10.2. The fourth-order valence-electron chi connectivity index (χ4n) is 1.95. The average Bonchev–Trinajstić information content (AvgIpc) is 3.02. The Morgan fingerprint density at radius 2 is 2.14 bits per heavy atom. The van der Waals surface area contributed by atoms with Crippen molar-refractivity contribution in [3.8, 4) is 0 Å². The highest BCUT2D eigenvalue weighted by Crippen LogP contribution is 2.17. The molecule has 0 aromatic carbocycles. The van der Waals surface area contributed by atoms with Gasteiger partial charge >= 0.3 is 5.97 Å². The first-order valence-electron chi connectivity index (χ1n) is 7.05. The molecule has 2 rings (SSSR count). The quantitative estimate of drug-likeness (QED) is 0.826. The summed E-state index contributed by atoms with van der Waals surface area (Å²) in [6.07, 6.45) is 1.84. The van der Waals surface area contributed by atoms with Crippen LogP contribution in [0.4, 0.5) is 5.82 Å². The van der Waals surface area contributed by atoms with E-state index >= 15 is 0 Å². The van der Waals surface area contributed by atoms with Crippen LogP contribution < -0.4 is 10.2 Å². The summed E-state index contributed by atoms with van der Waals surface area (Å²) in [6.45, 7) is 2.64. The van der Waals surface area contributed by atoms with E-state index in [0.717, 1.165) is 11.4 Å². The molecule has 0 spiro atoms. The highest BCUT2D eigenvalue weighted by Gasteiger charge is 2.15. The van der Waals surface area contributed by atoms with Gasteiger partial charge in [0.15, 0.2) is 0 Å². The van der Waals surface area contributed by atoms with Gasteiger partial charge in [-0.25, -0.2) is 9.78 Å². The normalized spacial score (nSPS) is 12.0. The van der Waals surface area contributed by atoms with E-state index < -0.39 is 5.97 Å². The summed E-state index contributed by atoms with van der Waals surface area (Å²) in [7, 11) is 5.24. The molecule has 0 saturated heterocycles. The third-order valence-corrected chi connectivity index (χ3v) is 3.32.